The summed E-state index contributed by atoms with van der Waals surface area (Å²) in [6.45, 7) is 2.43. The first-order valence-electron chi connectivity index (χ1n) is 7.31. The number of anilines is 2. The molecular weight excluding hydrogens is 323 g/mol. The summed E-state index contributed by atoms with van der Waals surface area (Å²) in [6, 6.07) is 6.55. The molecule has 1 aliphatic heterocycles. The van der Waals surface area contributed by atoms with Crippen molar-refractivity contribution in [3.05, 3.63) is 53.5 Å². The van der Waals surface area contributed by atoms with Crippen LogP contribution in [0, 0.1) is 17.5 Å². The Kier molecular flexibility index (Phi) is 4.66. The minimum Gasteiger partial charge on any atom is -0.378 e. The molecule has 2 heterocycles. The van der Waals surface area contributed by atoms with Gasteiger partial charge < -0.3 is 15.0 Å². The molecule has 0 unspecified atom stereocenters. The molecule has 126 valence electrons. The summed E-state index contributed by atoms with van der Waals surface area (Å²) < 4.78 is 45.0. The van der Waals surface area contributed by atoms with Gasteiger partial charge in [0.15, 0.2) is 17.5 Å². The molecule has 5 nitrogen and oxygen atoms in total. The van der Waals surface area contributed by atoms with Crippen LogP contribution in [0.15, 0.2) is 30.3 Å². The highest BCUT2D eigenvalue weighted by Crippen LogP contribution is 2.20. The summed E-state index contributed by atoms with van der Waals surface area (Å²) in [7, 11) is 0. The maximum atomic E-state index is 13.6. The first-order valence-corrected chi connectivity index (χ1v) is 7.31. The van der Waals surface area contributed by atoms with Crippen molar-refractivity contribution in [2.24, 2.45) is 0 Å². The quantitative estimate of drug-likeness (QED) is 0.875. The van der Waals surface area contributed by atoms with Gasteiger partial charge in [-0.1, -0.05) is 6.07 Å². The van der Waals surface area contributed by atoms with Gasteiger partial charge in [0.1, 0.15) is 11.5 Å². The Morgan fingerprint density at radius 2 is 1.83 bits per heavy atom. The molecule has 1 fully saturated rings. The fourth-order valence-electron chi connectivity index (χ4n) is 2.33. The molecule has 1 amide bonds. The number of nitrogens with zero attached hydrogens (tertiary/aromatic N) is 2. The normalized spacial score (nSPS) is 14.5. The molecule has 1 aromatic heterocycles. The summed E-state index contributed by atoms with van der Waals surface area (Å²) in [4.78, 5) is 18.4. The second kappa shape index (κ2) is 6.88. The van der Waals surface area contributed by atoms with Crippen molar-refractivity contribution in [3.63, 3.8) is 0 Å². The lowest BCUT2D eigenvalue weighted by Crippen LogP contribution is -2.37. The van der Waals surface area contributed by atoms with E-state index in [4.69, 9.17) is 4.74 Å². The molecule has 3 rings (SSSR count). The van der Waals surface area contributed by atoms with E-state index in [2.05, 4.69) is 10.3 Å². The van der Waals surface area contributed by atoms with Crippen molar-refractivity contribution in [1.29, 1.82) is 0 Å². The number of hydrogen-bond donors (Lipinski definition) is 1. The smallest absolute Gasteiger partial charge is 0.274 e. The van der Waals surface area contributed by atoms with Gasteiger partial charge in [0.05, 0.1) is 18.9 Å². The van der Waals surface area contributed by atoms with Crippen molar-refractivity contribution in [1.82, 2.24) is 4.98 Å². The lowest BCUT2D eigenvalue weighted by Gasteiger charge is -2.27. The minimum absolute atomic E-state index is 0.0446. The summed E-state index contributed by atoms with van der Waals surface area (Å²) in [5, 5.41) is 2.20. The Morgan fingerprint density at radius 1 is 1.08 bits per heavy atom. The van der Waals surface area contributed by atoms with E-state index in [0.717, 1.165) is 12.1 Å². The molecule has 2 aromatic rings. The van der Waals surface area contributed by atoms with Gasteiger partial charge in [0.25, 0.3) is 5.91 Å². The van der Waals surface area contributed by atoms with Crippen molar-refractivity contribution in [2.45, 2.75) is 0 Å². The Balaban J connectivity index is 1.79. The maximum absolute atomic E-state index is 13.6. The van der Waals surface area contributed by atoms with Crippen molar-refractivity contribution in [2.75, 3.05) is 36.5 Å². The summed E-state index contributed by atoms with van der Waals surface area (Å²) in [5.41, 5.74) is -0.402. The highest BCUT2D eigenvalue weighted by Gasteiger charge is 2.18. The van der Waals surface area contributed by atoms with Crippen LogP contribution in [0.4, 0.5) is 24.7 Å². The van der Waals surface area contributed by atoms with Gasteiger partial charge in [0.2, 0.25) is 0 Å². The highest BCUT2D eigenvalue weighted by molar-refractivity contribution is 6.03. The van der Waals surface area contributed by atoms with Gasteiger partial charge in [-0.15, -0.1) is 0 Å². The Morgan fingerprint density at radius 3 is 2.58 bits per heavy atom. The van der Waals surface area contributed by atoms with E-state index in [1.807, 2.05) is 4.90 Å². The molecule has 1 aliphatic rings. The SMILES string of the molecule is O=C(Nc1ccc(F)c(F)c1F)c1cccc(N2CCOCC2)n1. The predicted octanol–water partition coefficient (Wildman–Crippen LogP) is 2.59. The number of aromatic nitrogens is 1. The number of nitrogens with one attached hydrogen (secondary N) is 1. The molecule has 0 atom stereocenters. The second-order valence-corrected chi connectivity index (χ2v) is 5.16. The number of hydrogen-bond acceptors (Lipinski definition) is 4. The zero-order valence-electron chi connectivity index (χ0n) is 12.6. The van der Waals surface area contributed by atoms with Gasteiger partial charge in [-0.2, -0.15) is 0 Å². The van der Waals surface area contributed by atoms with Crippen LogP contribution in [0.5, 0.6) is 0 Å². The van der Waals surface area contributed by atoms with E-state index in [-0.39, 0.29) is 5.69 Å². The third kappa shape index (κ3) is 3.33. The number of pyridine rings is 1. The minimum atomic E-state index is -1.64. The predicted molar refractivity (Wildman–Crippen MR) is 81.5 cm³/mol. The van der Waals surface area contributed by atoms with Crippen LogP contribution in [0.1, 0.15) is 10.5 Å². The standard InChI is InChI=1S/C16H14F3N3O2/c17-10-4-5-11(15(19)14(10)18)21-16(23)12-2-1-3-13(20-12)22-6-8-24-9-7-22/h1-5H,6-9H2,(H,21,23). The molecule has 0 aliphatic carbocycles. The molecule has 0 spiro atoms. The molecule has 8 heteroatoms. The van der Waals surface area contributed by atoms with E-state index in [1.54, 1.807) is 12.1 Å². The lowest BCUT2D eigenvalue weighted by molar-refractivity contribution is 0.102. The second-order valence-electron chi connectivity index (χ2n) is 5.16. The van der Waals surface area contributed by atoms with Crippen LogP contribution < -0.4 is 10.2 Å². The summed E-state index contributed by atoms with van der Waals surface area (Å²) >= 11 is 0. The number of rotatable bonds is 3. The average Bonchev–Trinajstić information content (AvgIpc) is 2.63. The fourth-order valence-corrected chi connectivity index (χ4v) is 2.33. The van der Waals surface area contributed by atoms with Crippen molar-refractivity contribution >= 4 is 17.4 Å². The lowest BCUT2D eigenvalue weighted by atomic mass is 10.2. The third-order valence-corrected chi connectivity index (χ3v) is 3.59. The van der Waals surface area contributed by atoms with E-state index < -0.39 is 29.0 Å². The Labute approximate surface area is 136 Å². The van der Waals surface area contributed by atoms with Gasteiger partial charge in [-0.25, -0.2) is 18.2 Å². The summed E-state index contributed by atoms with van der Waals surface area (Å²) in [5.74, 6) is -4.53. The van der Waals surface area contributed by atoms with Gasteiger partial charge in [-0.3, -0.25) is 4.79 Å². The van der Waals surface area contributed by atoms with E-state index in [1.165, 1.54) is 6.07 Å². The topological polar surface area (TPSA) is 54.5 Å². The van der Waals surface area contributed by atoms with E-state index in [0.29, 0.717) is 32.1 Å². The largest absolute Gasteiger partial charge is 0.378 e. The van der Waals surface area contributed by atoms with Crippen LogP contribution in [0.3, 0.4) is 0 Å². The molecule has 1 aromatic carbocycles. The number of benzene rings is 1. The molecule has 1 saturated heterocycles. The average molecular weight is 337 g/mol. The van der Waals surface area contributed by atoms with Crippen LogP contribution in [-0.2, 0) is 4.74 Å². The van der Waals surface area contributed by atoms with Crippen molar-refractivity contribution < 1.29 is 22.7 Å². The first-order chi connectivity index (χ1) is 11.6. The number of ether oxygens (including phenoxy) is 1. The van der Waals surface area contributed by atoms with Crippen LogP contribution >= 0.6 is 0 Å². The number of carbonyl (C=O) groups is 1. The molecule has 0 radical (unpaired) electrons. The monoisotopic (exact) mass is 337 g/mol. The van der Waals surface area contributed by atoms with Crippen molar-refractivity contribution in [3.8, 4) is 0 Å². The zero-order valence-corrected chi connectivity index (χ0v) is 12.6. The Hall–Kier alpha value is -2.61. The molecule has 0 bridgehead atoms. The molecular formula is C16H14F3N3O2. The molecule has 24 heavy (non-hydrogen) atoms. The number of morpholine rings is 1. The zero-order chi connectivity index (χ0) is 17.1. The maximum Gasteiger partial charge on any atom is 0.274 e. The first kappa shape index (κ1) is 16.3. The number of amides is 1. The highest BCUT2D eigenvalue weighted by atomic mass is 19.2. The molecule has 0 saturated carbocycles. The van der Waals surface area contributed by atoms with Crippen LogP contribution in [0.2, 0.25) is 0 Å². The third-order valence-electron chi connectivity index (χ3n) is 3.59. The Bertz CT molecular complexity index is 764. The van der Waals surface area contributed by atoms with E-state index in [9.17, 15) is 18.0 Å². The number of carbonyl (C=O) groups excluding carboxylic acids is 1. The number of halogens is 3. The van der Waals surface area contributed by atoms with Gasteiger partial charge >= 0.3 is 0 Å². The van der Waals surface area contributed by atoms with Crippen LogP contribution in [0.25, 0.3) is 0 Å². The van der Waals surface area contributed by atoms with Gasteiger partial charge in [-0.05, 0) is 24.3 Å². The summed E-state index contributed by atoms with van der Waals surface area (Å²) in [6.07, 6.45) is 0. The van der Waals surface area contributed by atoms with Gasteiger partial charge in [0, 0.05) is 13.1 Å². The van der Waals surface area contributed by atoms with E-state index >= 15 is 0 Å². The van der Waals surface area contributed by atoms with Crippen LogP contribution in [-0.4, -0.2) is 37.2 Å². The fraction of sp³-hybridized carbons (Fsp3) is 0.250. The molecule has 1 N–H and O–H groups in total.